The number of amides is 1. The summed E-state index contributed by atoms with van der Waals surface area (Å²) in [6.45, 7) is 7.73. The number of nitrogens with one attached hydrogen (secondary N) is 1. The Balaban J connectivity index is 2.51. The molecular weight excluding hydrogens is 264 g/mol. The van der Waals surface area contributed by atoms with Crippen molar-refractivity contribution in [2.24, 2.45) is 5.92 Å². The lowest BCUT2D eigenvalue weighted by Crippen LogP contribution is -2.43. The van der Waals surface area contributed by atoms with Gasteiger partial charge in [-0.05, 0) is 26.2 Å². The Labute approximate surface area is 117 Å². The zero-order chi connectivity index (χ0) is 14.6. The Morgan fingerprint density at radius 2 is 2.21 bits per heavy atom. The van der Waals surface area contributed by atoms with Crippen LogP contribution < -0.4 is 10.2 Å². The highest BCUT2D eigenvalue weighted by molar-refractivity contribution is 7.07. The molecule has 0 aromatic carbocycles. The number of thiazole rings is 1. The van der Waals surface area contributed by atoms with E-state index >= 15 is 0 Å². The molecule has 0 fully saturated rings. The average Bonchev–Trinajstić information content (AvgIpc) is 2.57. The van der Waals surface area contributed by atoms with E-state index in [2.05, 4.69) is 5.32 Å². The summed E-state index contributed by atoms with van der Waals surface area (Å²) < 4.78 is 1.43. The summed E-state index contributed by atoms with van der Waals surface area (Å²) in [5.74, 6) is 0.0984. The van der Waals surface area contributed by atoms with Crippen LogP contribution in [0.3, 0.4) is 0 Å². The molecule has 0 spiro atoms. The highest BCUT2D eigenvalue weighted by atomic mass is 32.1. The van der Waals surface area contributed by atoms with Gasteiger partial charge in [0.05, 0.1) is 5.60 Å². The second-order valence-electron chi connectivity index (χ2n) is 5.60. The van der Waals surface area contributed by atoms with Crippen LogP contribution in [-0.2, 0) is 11.3 Å². The van der Waals surface area contributed by atoms with Gasteiger partial charge in [-0.25, -0.2) is 0 Å². The van der Waals surface area contributed by atoms with E-state index in [-0.39, 0.29) is 23.9 Å². The van der Waals surface area contributed by atoms with E-state index in [1.807, 2.05) is 13.8 Å². The van der Waals surface area contributed by atoms with Crippen molar-refractivity contribution in [3.63, 3.8) is 0 Å². The summed E-state index contributed by atoms with van der Waals surface area (Å²) >= 11 is 1.08. The minimum atomic E-state index is -0.918. The number of carbonyl (C=O) groups excluding carboxylic acids is 1. The molecule has 1 amide bonds. The second-order valence-corrected chi connectivity index (χ2v) is 6.42. The van der Waals surface area contributed by atoms with E-state index in [1.54, 1.807) is 19.2 Å². The molecular formula is C13H22N2O3S. The molecule has 1 unspecified atom stereocenters. The third kappa shape index (κ3) is 5.16. The maximum atomic E-state index is 11.8. The third-order valence-electron chi connectivity index (χ3n) is 2.79. The van der Waals surface area contributed by atoms with Crippen LogP contribution in [0.4, 0.5) is 0 Å². The highest BCUT2D eigenvalue weighted by Gasteiger charge is 2.22. The maximum absolute atomic E-state index is 11.8. The van der Waals surface area contributed by atoms with Crippen LogP contribution >= 0.6 is 11.3 Å². The third-order valence-corrected chi connectivity index (χ3v) is 3.67. The van der Waals surface area contributed by atoms with Crippen molar-refractivity contribution >= 4 is 17.2 Å². The van der Waals surface area contributed by atoms with Gasteiger partial charge in [0, 0.05) is 17.6 Å². The lowest BCUT2D eigenvalue weighted by atomic mass is 9.94. The van der Waals surface area contributed by atoms with Gasteiger partial charge in [-0.15, -0.1) is 0 Å². The molecule has 1 aromatic heterocycles. The fourth-order valence-electron chi connectivity index (χ4n) is 2.04. The van der Waals surface area contributed by atoms with Gasteiger partial charge >= 0.3 is 4.87 Å². The molecule has 0 bridgehead atoms. The lowest BCUT2D eigenvalue weighted by Gasteiger charge is -2.25. The van der Waals surface area contributed by atoms with Crippen molar-refractivity contribution in [2.45, 2.75) is 46.3 Å². The van der Waals surface area contributed by atoms with Gasteiger partial charge in [-0.3, -0.25) is 14.2 Å². The molecule has 0 radical (unpaired) electrons. The lowest BCUT2D eigenvalue weighted by molar-refractivity contribution is -0.123. The van der Waals surface area contributed by atoms with Crippen LogP contribution in [0, 0.1) is 12.8 Å². The van der Waals surface area contributed by atoms with E-state index in [9.17, 15) is 14.7 Å². The number of aryl methyl sites for hydroxylation is 1. The van der Waals surface area contributed by atoms with Crippen molar-refractivity contribution in [3.8, 4) is 0 Å². The molecule has 19 heavy (non-hydrogen) atoms. The summed E-state index contributed by atoms with van der Waals surface area (Å²) in [5, 5.41) is 14.5. The summed E-state index contributed by atoms with van der Waals surface area (Å²) in [6, 6.07) is 0. The first-order valence-electron chi connectivity index (χ1n) is 6.35. The smallest absolute Gasteiger partial charge is 0.307 e. The van der Waals surface area contributed by atoms with Gasteiger partial charge in [-0.2, -0.15) is 0 Å². The first-order chi connectivity index (χ1) is 8.71. The van der Waals surface area contributed by atoms with Crippen molar-refractivity contribution in [1.29, 1.82) is 0 Å². The van der Waals surface area contributed by atoms with Crippen LogP contribution in [-0.4, -0.2) is 27.7 Å². The minimum absolute atomic E-state index is 0.00588. The fourth-order valence-corrected chi connectivity index (χ4v) is 2.77. The van der Waals surface area contributed by atoms with Crippen LogP contribution in [0.5, 0.6) is 0 Å². The molecule has 1 aromatic rings. The SMILES string of the molecule is Cc1csc(=O)n1CC(=O)NCC(C)(O)CC(C)C. The van der Waals surface area contributed by atoms with Crippen LogP contribution in [0.15, 0.2) is 10.2 Å². The Kier molecular flexibility index (Phi) is 5.31. The molecule has 0 saturated carbocycles. The number of hydrogen-bond donors (Lipinski definition) is 2. The molecule has 1 heterocycles. The van der Waals surface area contributed by atoms with E-state index in [1.165, 1.54) is 4.57 Å². The number of aliphatic hydroxyl groups is 1. The molecule has 0 aliphatic rings. The number of rotatable bonds is 6. The number of aromatic nitrogens is 1. The molecule has 1 rings (SSSR count). The molecule has 6 heteroatoms. The van der Waals surface area contributed by atoms with Crippen molar-refractivity contribution in [3.05, 3.63) is 20.7 Å². The van der Waals surface area contributed by atoms with Gasteiger partial charge in [-0.1, -0.05) is 25.2 Å². The standard InChI is InChI=1S/C13H22N2O3S/c1-9(2)5-13(4,18)8-14-11(16)6-15-10(3)7-19-12(15)17/h7,9,18H,5-6,8H2,1-4H3,(H,14,16). The first kappa shape index (κ1) is 15.9. The summed E-state index contributed by atoms with van der Waals surface area (Å²) in [5.41, 5.74) is -0.141. The van der Waals surface area contributed by atoms with Crippen molar-refractivity contribution in [2.75, 3.05) is 6.54 Å². The van der Waals surface area contributed by atoms with E-state index in [0.717, 1.165) is 17.0 Å². The predicted molar refractivity (Wildman–Crippen MR) is 76.4 cm³/mol. The average molecular weight is 286 g/mol. The first-order valence-corrected chi connectivity index (χ1v) is 7.23. The fraction of sp³-hybridized carbons (Fsp3) is 0.692. The highest BCUT2D eigenvalue weighted by Crippen LogP contribution is 2.14. The van der Waals surface area contributed by atoms with E-state index < -0.39 is 5.60 Å². The molecule has 0 aliphatic heterocycles. The van der Waals surface area contributed by atoms with Gasteiger partial charge in [0.1, 0.15) is 6.54 Å². The Hall–Kier alpha value is -1.14. The van der Waals surface area contributed by atoms with Crippen LogP contribution in [0.25, 0.3) is 0 Å². The molecule has 5 nitrogen and oxygen atoms in total. The quantitative estimate of drug-likeness (QED) is 0.823. The van der Waals surface area contributed by atoms with E-state index in [4.69, 9.17) is 0 Å². The predicted octanol–water partition coefficient (Wildman–Crippen LogP) is 1.13. The Morgan fingerprint density at radius 1 is 1.58 bits per heavy atom. The zero-order valence-electron chi connectivity index (χ0n) is 11.9. The molecule has 0 saturated heterocycles. The minimum Gasteiger partial charge on any atom is -0.388 e. The maximum Gasteiger partial charge on any atom is 0.307 e. The number of hydrogen-bond acceptors (Lipinski definition) is 4. The van der Waals surface area contributed by atoms with Crippen molar-refractivity contribution in [1.82, 2.24) is 9.88 Å². The van der Waals surface area contributed by atoms with E-state index in [0.29, 0.717) is 12.3 Å². The largest absolute Gasteiger partial charge is 0.388 e. The molecule has 2 N–H and O–H groups in total. The zero-order valence-corrected chi connectivity index (χ0v) is 12.7. The normalized spacial score (nSPS) is 14.4. The second kappa shape index (κ2) is 6.34. The Bertz CT molecular complexity index is 488. The summed E-state index contributed by atoms with van der Waals surface area (Å²) in [6.07, 6.45) is 0.616. The Morgan fingerprint density at radius 3 is 2.68 bits per heavy atom. The van der Waals surface area contributed by atoms with Gasteiger partial charge in [0.2, 0.25) is 5.91 Å². The molecule has 0 aliphatic carbocycles. The summed E-state index contributed by atoms with van der Waals surface area (Å²) in [7, 11) is 0. The monoisotopic (exact) mass is 286 g/mol. The topological polar surface area (TPSA) is 71.3 Å². The molecule has 1 atom stereocenters. The van der Waals surface area contributed by atoms with Gasteiger partial charge < -0.3 is 10.4 Å². The summed E-state index contributed by atoms with van der Waals surface area (Å²) in [4.78, 5) is 23.1. The number of nitrogens with zero attached hydrogens (tertiary/aromatic N) is 1. The van der Waals surface area contributed by atoms with Crippen molar-refractivity contribution < 1.29 is 9.90 Å². The molecule has 108 valence electrons. The number of carbonyl (C=O) groups is 1. The van der Waals surface area contributed by atoms with Gasteiger partial charge in [0.25, 0.3) is 0 Å². The van der Waals surface area contributed by atoms with Crippen LogP contribution in [0.2, 0.25) is 0 Å². The van der Waals surface area contributed by atoms with Crippen LogP contribution in [0.1, 0.15) is 32.9 Å². The van der Waals surface area contributed by atoms with Gasteiger partial charge in [0.15, 0.2) is 0 Å².